The van der Waals surface area contributed by atoms with Crippen LogP contribution in [0.2, 0.25) is 0 Å². The van der Waals surface area contributed by atoms with Crippen LogP contribution in [0.4, 0.5) is 0 Å². The number of nitrogens with zero attached hydrogens (tertiary/aromatic N) is 2. The Bertz CT molecular complexity index is 1080. The number of benzene rings is 1. The molecule has 0 radical (unpaired) electrons. The molecule has 34 heavy (non-hydrogen) atoms. The van der Waals surface area contributed by atoms with Crippen molar-refractivity contribution in [1.82, 2.24) is 20.1 Å². The molecule has 1 heterocycles. The largest absolute Gasteiger partial charge is 0.478 e. The van der Waals surface area contributed by atoms with E-state index in [0.717, 1.165) is 16.5 Å². The van der Waals surface area contributed by atoms with Gasteiger partial charge in [-0.25, -0.2) is 4.79 Å². The van der Waals surface area contributed by atoms with Crippen LogP contribution < -0.4 is 10.6 Å². The van der Waals surface area contributed by atoms with Crippen molar-refractivity contribution in [3.05, 3.63) is 47.7 Å². The van der Waals surface area contributed by atoms with E-state index in [1.807, 2.05) is 62.8 Å². The van der Waals surface area contributed by atoms with Gasteiger partial charge < -0.3 is 25.2 Å². The van der Waals surface area contributed by atoms with Gasteiger partial charge in [0.25, 0.3) is 0 Å². The predicted octanol–water partition coefficient (Wildman–Crippen LogP) is 2.72. The van der Waals surface area contributed by atoms with E-state index in [1.165, 1.54) is 17.9 Å². The number of amides is 2. The number of carboxylic acids is 1. The summed E-state index contributed by atoms with van der Waals surface area (Å²) in [6.07, 6.45) is 4.03. The van der Waals surface area contributed by atoms with Crippen molar-refractivity contribution in [1.29, 1.82) is 0 Å². The number of carbonyl (C=O) groups excluding carboxylic acids is 2. The van der Waals surface area contributed by atoms with Gasteiger partial charge >= 0.3 is 5.97 Å². The van der Waals surface area contributed by atoms with E-state index < -0.39 is 29.5 Å². The van der Waals surface area contributed by atoms with Gasteiger partial charge in [0, 0.05) is 42.8 Å². The fraction of sp³-hybridized carbons (Fsp3) is 0.500. The average Bonchev–Trinajstić information content (AvgIpc) is 3.09. The van der Waals surface area contributed by atoms with Gasteiger partial charge in [0.15, 0.2) is 0 Å². The number of likely N-dealkylation sites (N-methyl/N-ethyl adjacent to an activating group) is 2. The quantitative estimate of drug-likeness (QED) is 0.489. The van der Waals surface area contributed by atoms with Gasteiger partial charge in [-0.05, 0) is 44.4 Å². The molecule has 1 aromatic heterocycles. The molecule has 0 aliphatic carbocycles. The summed E-state index contributed by atoms with van der Waals surface area (Å²) in [5.74, 6) is -1.57. The maximum atomic E-state index is 13.4. The van der Waals surface area contributed by atoms with Gasteiger partial charge in [-0.3, -0.25) is 9.59 Å². The molecule has 2 rings (SSSR count). The molecule has 0 saturated heterocycles. The lowest BCUT2D eigenvalue weighted by atomic mass is 9.85. The SMILES string of the molecule is CN[C@@H](Cc1cn(C)c2ccccc12)C(=O)N[C@H](C(=O)N(C)[C@H](C)C=C(C)C(=O)O)C(C)(C)C. The van der Waals surface area contributed by atoms with Crippen LogP contribution in [-0.4, -0.2) is 64.6 Å². The van der Waals surface area contributed by atoms with Crippen LogP contribution in [-0.2, 0) is 27.9 Å². The second-order valence-electron chi connectivity index (χ2n) is 9.98. The Morgan fingerprint density at radius 2 is 1.82 bits per heavy atom. The van der Waals surface area contributed by atoms with Crippen LogP contribution in [0.25, 0.3) is 10.9 Å². The highest BCUT2D eigenvalue weighted by atomic mass is 16.4. The summed E-state index contributed by atoms with van der Waals surface area (Å²) < 4.78 is 2.04. The van der Waals surface area contributed by atoms with Gasteiger partial charge in [-0.1, -0.05) is 45.0 Å². The Morgan fingerprint density at radius 3 is 2.38 bits per heavy atom. The first-order valence-corrected chi connectivity index (χ1v) is 11.5. The third kappa shape index (κ3) is 6.26. The number of fused-ring (bicyclic) bond motifs is 1. The minimum absolute atomic E-state index is 0.161. The number of carbonyl (C=O) groups is 3. The first-order chi connectivity index (χ1) is 15.8. The third-order valence-electron chi connectivity index (χ3n) is 6.26. The zero-order valence-electron chi connectivity index (χ0n) is 21.5. The number of rotatable bonds is 9. The van der Waals surface area contributed by atoms with E-state index in [9.17, 15) is 14.4 Å². The molecule has 1 aromatic carbocycles. The Kier molecular flexibility index (Phi) is 8.66. The van der Waals surface area contributed by atoms with E-state index in [1.54, 1.807) is 21.0 Å². The zero-order chi connectivity index (χ0) is 25.8. The van der Waals surface area contributed by atoms with E-state index >= 15 is 0 Å². The smallest absolute Gasteiger partial charge is 0.331 e. The highest BCUT2D eigenvalue weighted by Crippen LogP contribution is 2.24. The fourth-order valence-corrected chi connectivity index (χ4v) is 3.97. The van der Waals surface area contributed by atoms with Gasteiger partial charge in [0.1, 0.15) is 6.04 Å². The molecule has 2 amide bonds. The molecule has 0 unspecified atom stereocenters. The number of nitrogens with one attached hydrogen (secondary N) is 2. The van der Waals surface area contributed by atoms with Crippen molar-refractivity contribution in [2.45, 2.75) is 59.2 Å². The zero-order valence-corrected chi connectivity index (χ0v) is 21.5. The van der Waals surface area contributed by atoms with Gasteiger partial charge in [-0.15, -0.1) is 0 Å². The molecule has 186 valence electrons. The molecule has 0 bridgehead atoms. The maximum absolute atomic E-state index is 13.4. The number of carboxylic acid groups (broad SMARTS) is 1. The Balaban J connectivity index is 2.24. The van der Waals surface area contributed by atoms with Crippen molar-refractivity contribution >= 4 is 28.7 Å². The first kappa shape index (κ1) is 27.1. The number of hydrogen-bond donors (Lipinski definition) is 3. The molecular formula is C26H38N4O4. The standard InChI is InChI=1S/C26H38N4O4/c1-16(25(33)34)13-17(2)30(8)24(32)22(26(3,4)5)28-23(31)20(27-6)14-18-15-29(7)21-12-10-9-11-19(18)21/h9-13,15,17,20,22,27H,14H2,1-8H3,(H,28,31)(H,33,34)/t17-,20+,22-/m1/s1. The molecule has 3 atom stereocenters. The summed E-state index contributed by atoms with van der Waals surface area (Å²) in [4.78, 5) is 39.3. The highest BCUT2D eigenvalue weighted by molar-refractivity contribution is 5.92. The molecule has 3 N–H and O–H groups in total. The topological polar surface area (TPSA) is 104 Å². The van der Waals surface area contributed by atoms with Crippen LogP contribution in [0.3, 0.4) is 0 Å². The lowest BCUT2D eigenvalue weighted by molar-refractivity contribution is -0.139. The summed E-state index contributed by atoms with van der Waals surface area (Å²) in [5.41, 5.74) is 1.75. The summed E-state index contributed by atoms with van der Waals surface area (Å²) in [6.45, 7) is 8.93. The van der Waals surface area contributed by atoms with Crippen LogP contribution in [0.15, 0.2) is 42.1 Å². The predicted molar refractivity (Wildman–Crippen MR) is 134 cm³/mol. The lowest BCUT2D eigenvalue weighted by Crippen LogP contribution is -2.58. The van der Waals surface area contributed by atoms with E-state index in [2.05, 4.69) is 10.6 Å². The van der Waals surface area contributed by atoms with Crippen molar-refractivity contribution in [3.63, 3.8) is 0 Å². The first-order valence-electron chi connectivity index (χ1n) is 11.5. The summed E-state index contributed by atoms with van der Waals surface area (Å²) in [5, 5.41) is 16.3. The third-order valence-corrected chi connectivity index (χ3v) is 6.26. The second-order valence-corrected chi connectivity index (χ2v) is 9.98. The maximum Gasteiger partial charge on any atom is 0.331 e. The lowest BCUT2D eigenvalue weighted by Gasteiger charge is -2.36. The van der Waals surface area contributed by atoms with Crippen LogP contribution >= 0.6 is 0 Å². The molecule has 2 aromatic rings. The molecule has 0 saturated carbocycles. The summed E-state index contributed by atoms with van der Waals surface area (Å²) >= 11 is 0. The van der Waals surface area contributed by atoms with Crippen molar-refractivity contribution in [2.75, 3.05) is 14.1 Å². The van der Waals surface area contributed by atoms with Gasteiger partial charge in [0.05, 0.1) is 6.04 Å². The Hall–Kier alpha value is -3.13. The summed E-state index contributed by atoms with van der Waals surface area (Å²) in [7, 11) is 5.33. The molecule has 0 spiro atoms. The van der Waals surface area contributed by atoms with E-state index in [0.29, 0.717) is 6.42 Å². The Labute approximate surface area is 202 Å². The van der Waals surface area contributed by atoms with E-state index in [4.69, 9.17) is 5.11 Å². The molecule has 8 nitrogen and oxygen atoms in total. The number of aromatic nitrogens is 1. The van der Waals surface area contributed by atoms with Crippen LogP contribution in [0, 0.1) is 5.41 Å². The number of aliphatic carboxylic acids is 1. The minimum atomic E-state index is -1.03. The minimum Gasteiger partial charge on any atom is -0.478 e. The van der Waals surface area contributed by atoms with Crippen molar-refractivity contribution in [3.8, 4) is 0 Å². The average molecular weight is 471 g/mol. The van der Waals surface area contributed by atoms with E-state index in [-0.39, 0.29) is 17.4 Å². The highest BCUT2D eigenvalue weighted by Gasteiger charge is 2.37. The monoisotopic (exact) mass is 470 g/mol. The molecule has 0 aliphatic heterocycles. The molecule has 8 heteroatoms. The number of para-hydroxylation sites is 1. The molecular weight excluding hydrogens is 432 g/mol. The number of aryl methyl sites for hydroxylation is 1. The Morgan fingerprint density at radius 1 is 1.21 bits per heavy atom. The van der Waals surface area contributed by atoms with Gasteiger partial charge in [-0.2, -0.15) is 0 Å². The molecule has 0 aliphatic rings. The molecule has 0 fully saturated rings. The van der Waals surface area contributed by atoms with Crippen LogP contribution in [0.1, 0.15) is 40.2 Å². The second kappa shape index (κ2) is 10.9. The normalized spacial score (nSPS) is 15.0. The summed E-state index contributed by atoms with van der Waals surface area (Å²) in [6, 6.07) is 6.29. The van der Waals surface area contributed by atoms with Crippen molar-refractivity contribution < 1.29 is 19.5 Å². The van der Waals surface area contributed by atoms with Crippen LogP contribution in [0.5, 0.6) is 0 Å². The number of hydrogen-bond acceptors (Lipinski definition) is 4. The van der Waals surface area contributed by atoms with Crippen molar-refractivity contribution in [2.24, 2.45) is 12.5 Å². The van der Waals surface area contributed by atoms with Gasteiger partial charge in [0.2, 0.25) is 11.8 Å². The fourth-order valence-electron chi connectivity index (χ4n) is 3.97.